The van der Waals surface area contributed by atoms with Gasteiger partial charge in [-0.25, -0.2) is 9.97 Å². The summed E-state index contributed by atoms with van der Waals surface area (Å²) >= 11 is 1.84. The third-order valence-corrected chi connectivity index (χ3v) is 11.1. The second-order valence-electron chi connectivity index (χ2n) is 13.3. The Hall–Kier alpha value is -6.75. The zero-order valence-electron chi connectivity index (χ0n) is 28.6. The summed E-state index contributed by atoms with van der Waals surface area (Å²) in [6.45, 7) is 0. The Bertz CT molecular complexity index is 2950. The lowest BCUT2D eigenvalue weighted by Gasteiger charge is -2.14. The minimum atomic E-state index is 0.685. The number of fused-ring (bicyclic) bond motifs is 4. The van der Waals surface area contributed by atoms with E-state index in [1.165, 1.54) is 36.5 Å². The first-order valence-corrected chi connectivity index (χ1v) is 18.6. The van der Waals surface area contributed by atoms with E-state index < -0.39 is 0 Å². The van der Waals surface area contributed by atoms with E-state index in [1.54, 1.807) is 0 Å². The molecular weight excluding hydrogens is 663 g/mol. The summed E-state index contributed by atoms with van der Waals surface area (Å²) in [5.41, 5.74) is 11.3. The molecule has 4 heteroatoms. The molecule has 0 fully saturated rings. The van der Waals surface area contributed by atoms with E-state index in [1.807, 2.05) is 53.9 Å². The summed E-state index contributed by atoms with van der Waals surface area (Å²) in [5.74, 6) is 0.685. The molecule has 3 heterocycles. The molecule has 0 saturated carbocycles. The Balaban J connectivity index is 1.19. The molecular formula is C49H31N3S. The van der Waals surface area contributed by atoms with Crippen molar-refractivity contribution in [3.8, 4) is 67.4 Å². The van der Waals surface area contributed by atoms with Gasteiger partial charge in [0.15, 0.2) is 5.82 Å². The summed E-state index contributed by atoms with van der Waals surface area (Å²) in [4.78, 5) is 15.0. The maximum absolute atomic E-state index is 5.26. The lowest BCUT2D eigenvalue weighted by atomic mass is 9.93. The Labute approximate surface area is 311 Å². The van der Waals surface area contributed by atoms with Crippen LogP contribution in [0.4, 0.5) is 0 Å². The van der Waals surface area contributed by atoms with Crippen LogP contribution in [0.5, 0.6) is 0 Å². The summed E-state index contributed by atoms with van der Waals surface area (Å²) in [5, 5.41) is 5.01. The van der Waals surface area contributed by atoms with Crippen molar-refractivity contribution in [2.24, 2.45) is 0 Å². The van der Waals surface area contributed by atoms with E-state index in [0.717, 1.165) is 56.0 Å². The molecule has 0 atom stereocenters. The normalized spacial score (nSPS) is 11.4. The van der Waals surface area contributed by atoms with E-state index >= 15 is 0 Å². The second kappa shape index (κ2) is 13.1. The molecule has 3 nitrogen and oxygen atoms in total. The van der Waals surface area contributed by atoms with Crippen LogP contribution >= 0.6 is 11.3 Å². The van der Waals surface area contributed by atoms with Gasteiger partial charge in [-0.05, 0) is 99.8 Å². The molecule has 0 aliphatic heterocycles. The van der Waals surface area contributed by atoms with Gasteiger partial charge >= 0.3 is 0 Å². The number of benzene rings is 7. The molecule has 0 bridgehead atoms. The van der Waals surface area contributed by atoms with Gasteiger partial charge in [0.1, 0.15) is 0 Å². The molecule has 248 valence electrons. The summed E-state index contributed by atoms with van der Waals surface area (Å²) in [7, 11) is 0. The summed E-state index contributed by atoms with van der Waals surface area (Å²) < 4.78 is 2.60. The number of hydrogen-bond donors (Lipinski definition) is 0. The van der Waals surface area contributed by atoms with Gasteiger partial charge in [0.25, 0.3) is 0 Å². The van der Waals surface area contributed by atoms with Crippen molar-refractivity contribution in [3.05, 3.63) is 188 Å². The monoisotopic (exact) mass is 693 g/mol. The van der Waals surface area contributed by atoms with Gasteiger partial charge in [-0.3, -0.25) is 4.98 Å². The van der Waals surface area contributed by atoms with Crippen LogP contribution in [0.1, 0.15) is 0 Å². The maximum Gasteiger partial charge on any atom is 0.160 e. The molecule has 0 saturated heterocycles. The highest BCUT2D eigenvalue weighted by Crippen LogP contribution is 2.39. The fourth-order valence-corrected chi connectivity index (χ4v) is 8.30. The van der Waals surface area contributed by atoms with Crippen LogP contribution in [0, 0.1) is 0 Å². The summed E-state index contributed by atoms with van der Waals surface area (Å²) in [6.07, 6.45) is 1.83. The Morgan fingerprint density at radius 2 is 0.943 bits per heavy atom. The third-order valence-electron chi connectivity index (χ3n) is 9.90. The lowest BCUT2D eigenvalue weighted by Crippen LogP contribution is -1.97. The zero-order valence-corrected chi connectivity index (χ0v) is 29.5. The van der Waals surface area contributed by atoms with Crippen molar-refractivity contribution in [2.45, 2.75) is 0 Å². The average Bonchev–Trinajstić information content (AvgIpc) is 3.62. The Kier molecular flexibility index (Phi) is 7.67. The molecule has 10 aromatic rings. The molecule has 3 aromatic heterocycles. The maximum atomic E-state index is 5.26. The molecule has 53 heavy (non-hydrogen) atoms. The van der Waals surface area contributed by atoms with Gasteiger partial charge in [0.05, 0.1) is 17.1 Å². The van der Waals surface area contributed by atoms with Crippen LogP contribution in [0.15, 0.2) is 188 Å². The molecule has 0 radical (unpaired) electrons. The second-order valence-corrected chi connectivity index (χ2v) is 14.4. The molecule has 0 spiro atoms. The van der Waals surface area contributed by atoms with E-state index in [-0.39, 0.29) is 0 Å². The van der Waals surface area contributed by atoms with Crippen LogP contribution in [0.25, 0.3) is 98.4 Å². The summed E-state index contributed by atoms with van der Waals surface area (Å²) in [6, 6.07) is 64.5. The predicted octanol–water partition coefficient (Wildman–Crippen LogP) is 13.4. The van der Waals surface area contributed by atoms with Crippen molar-refractivity contribution in [1.29, 1.82) is 0 Å². The van der Waals surface area contributed by atoms with E-state index in [2.05, 4.69) is 151 Å². The lowest BCUT2D eigenvalue weighted by molar-refractivity contribution is 1.18. The first-order valence-electron chi connectivity index (χ1n) is 17.7. The topological polar surface area (TPSA) is 38.7 Å². The minimum absolute atomic E-state index is 0.685. The standard InChI is InChI=1S/C49H31N3S/c1-2-12-33(13-3-1)49-51-45(38-16-10-15-37(26-38)44-18-8-9-24-50-44)31-46(52-49)41-28-39(35-21-20-32-11-4-5-14-34(32)25-35)27-40(29-41)36-22-23-48-43(30-36)42-17-6-7-19-47(42)53-48/h1-31H. The molecule has 7 aromatic carbocycles. The quantitative estimate of drug-likeness (QED) is 0.174. The van der Waals surface area contributed by atoms with Crippen molar-refractivity contribution in [1.82, 2.24) is 15.0 Å². The number of thiophene rings is 1. The van der Waals surface area contributed by atoms with Crippen molar-refractivity contribution in [2.75, 3.05) is 0 Å². The molecule has 0 aliphatic carbocycles. The van der Waals surface area contributed by atoms with E-state index in [9.17, 15) is 0 Å². The van der Waals surface area contributed by atoms with E-state index in [0.29, 0.717) is 5.82 Å². The molecule has 0 aliphatic rings. The highest BCUT2D eigenvalue weighted by atomic mass is 32.1. The van der Waals surface area contributed by atoms with Gasteiger partial charge in [0, 0.05) is 48.6 Å². The minimum Gasteiger partial charge on any atom is -0.256 e. The molecule has 10 rings (SSSR count). The van der Waals surface area contributed by atoms with Gasteiger partial charge < -0.3 is 0 Å². The largest absolute Gasteiger partial charge is 0.256 e. The van der Waals surface area contributed by atoms with Crippen LogP contribution in [0.3, 0.4) is 0 Å². The average molecular weight is 694 g/mol. The van der Waals surface area contributed by atoms with E-state index in [4.69, 9.17) is 9.97 Å². The number of nitrogens with zero attached hydrogens (tertiary/aromatic N) is 3. The fraction of sp³-hybridized carbons (Fsp3) is 0. The van der Waals surface area contributed by atoms with Crippen LogP contribution < -0.4 is 0 Å². The highest BCUT2D eigenvalue weighted by Gasteiger charge is 2.15. The molecule has 0 N–H and O–H groups in total. The van der Waals surface area contributed by atoms with Crippen molar-refractivity contribution in [3.63, 3.8) is 0 Å². The van der Waals surface area contributed by atoms with Crippen LogP contribution in [-0.4, -0.2) is 15.0 Å². The van der Waals surface area contributed by atoms with Gasteiger partial charge in [-0.2, -0.15) is 0 Å². The van der Waals surface area contributed by atoms with Gasteiger partial charge in [0.2, 0.25) is 0 Å². The number of hydrogen-bond acceptors (Lipinski definition) is 4. The zero-order chi connectivity index (χ0) is 35.1. The van der Waals surface area contributed by atoms with Gasteiger partial charge in [-0.15, -0.1) is 11.3 Å². The number of aromatic nitrogens is 3. The number of rotatable bonds is 6. The van der Waals surface area contributed by atoms with Crippen molar-refractivity contribution >= 4 is 42.3 Å². The first-order chi connectivity index (χ1) is 26.2. The first kappa shape index (κ1) is 31.0. The Morgan fingerprint density at radius 3 is 1.77 bits per heavy atom. The fourth-order valence-electron chi connectivity index (χ4n) is 7.21. The van der Waals surface area contributed by atoms with Crippen LogP contribution in [0.2, 0.25) is 0 Å². The van der Waals surface area contributed by atoms with Gasteiger partial charge in [-0.1, -0.05) is 115 Å². The Morgan fingerprint density at radius 1 is 0.321 bits per heavy atom. The third kappa shape index (κ3) is 5.95. The highest BCUT2D eigenvalue weighted by molar-refractivity contribution is 7.25. The SMILES string of the molecule is c1ccc(-c2nc(-c3cc(-c4ccc5ccccc5c4)cc(-c4ccc5sc6ccccc6c5c4)c3)cc(-c3cccc(-c4ccccn4)c3)n2)cc1. The van der Waals surface area contributed by atoms with Crippen LogP contribution in [-0.2, 0) is 0 Å². The number of pyridine rings is 1. The molecule has 0 amide bonds. The smallest absolute Gasteiger partial charge is 0.160 e. The molecule has 0 unspecified atom stereocenters. The van der Waals surface area contributed by atoms with Crippen molar-refractivity contribution < 1.29 is 0 Å². The predicted molar refractivity (Wildman–Crippen MR) is 223 cm³/mol.